The van der Waals surface area contributed by atoms with E-state index in [-0.39, 0.29) is 5.60 Å². The molecule has 0 aliphatic rings. The van der Waals surface area contributed by atoms with Crippen LogP contribution in [0.3, 0.4) is 0 Å². The normalized spacial score (nSPS) is 13.6. The van der Waals surface area contributed by atoms with Gasteiger partial charge in [0.05, 0.1) is 25.9 Å². The maximum absolute atomic E-state index is 10.9. The predicted molar refractivity (Wildman–Crippen MR) is 61.1 cm³/mol. The highest BCUT2D eigenvalue weighted by Crippen LogP contribution is 2.05. The van der Waals surface area contributed by atoms with Crippen LogP contribution in [0.25, 0.3) is 0 Å². The molecule has 0 saturated heterocycles. The number of rotatable bonds is 7. The summed E-state index contributed by atoms with van der Waals surface area (Å²) in [6, 6.07) is -0.603. The van der Waals surface area contributed by atoms with Crippen LogP contribution in [0.5, 0.6) is 0 Å². The molecule has 0 aromatic rings. The Hall–Kier alpha value is -0.650. The second-order valence-electron chi connectivity index (χ2n) is 4.49. The summed E-state index contributed by atoms with van der Waals surface area (Å²) >= 11 is 0. The molecule has 0 spiro atoms. The lowest BCUT2D eigenvalue weighted by Crippen LogP contribution is -2.32. The summed E-state index contributed by atoms with van der Waals surface area (Å²) in [5.41, 5.74) is 5.38. The number of nitrogens with two attached hydrogens (primary N) is 1. The Bertz CT molecular complexity index is 201. The maximum Gasteiger partial charge on any atom is 0.322 e. The van der Waals surface area contributed by atoms with Crippen molar-refractivity contribution in [2.75, 3.05) is 26.9 Å². The largest absolute Gasteiger partial charge is 0.468 e. The Morgan fingerprint density at radius 1 is 1.25 bits per heavy atom. The van der Waals surface area contributed by atoms with Crippen LogP contribution in [0.1, 0.15) is 27.2 Å². The molecule has 0 aromatic heterocycles. The zero-order valence-electron chi connectivity index (χ0n) is 10.6. The summed E-state index contributed by atoms with van der Waals surface area (Å²) in [6.45, 7) is 7.44. The Labute approximate surface area is 97.2 Å². The first-order valence-corrected chi connectivity index (χ1v) is 5.42. The van der Waals surface area contributed by atoms with Crippen LogP contribution in [-0.2, 0) is 19.0 Å². The van der Waals surface area contributed by atoms with Gasteiger partial charge in [0, 0.05) is 6.61 Å². The fraction of sp³-hybridized carbons (Fsp3) is 0.909. The third kappa shape index (κ3) is 8.64. The van der Waals surface area contributed by atoms with Crippen LogP contribution in [0.4, 0.5) is 0 Å². The molecule has 0 radical (unpaired) electrons. The molecule has 5 heteroatoms. The molecule has 1 atom stereocenters. The van der Waals surface area contributed by atoms with Gasteiger partial charge in [0.15, 0.2) is 0 Å². The number of methoxy groups -OCH3 is 1. The van der Waals surface area contributed by atoms with E-state index in [4.69, 9.17) is 15.2 Å². The topological polar surface area (TPSA) is 70.8 Å². The summed E-state index contributed by atoms with van der Waals surface area (Å²) < 4.78 is 15.2. The smallest absolute Gasteiger partial charge is 0.322 e. The van der Waals surface area contributed by atoms with E-state index in [0.717, 1.165) is 0 Å². The van der Waals surface area contributed by atoms with Crippen LogP contribution in [0.15, 0.2) is 0 Å². The summed E-state index contributed by atoms with van der Waals surface area (Å²) in [5, 5.41) is 0. The fourth-order valence-corrected chi connectivity index (χ4v) is 0.988. The lowest BCUT2D eigenvalue weighted by molar-refractivity contribution is -0.142. The zero-order valence-corrected chi connectivity index (χ0v) is 10.6. The van der Waals surface area contributed by atoms with E-state index < -0.39 is 12.0 Å². The minimum Gasteiger partial charge on any atom is -0.468 e. The number of esters is 1. The van der Waals surface area contributed by atoms with Gasteiger partial charge >= 0.3 is 5.97 Å². The Morgan fingerprint density at radius 2 is 1.88 bits per heavy atom. The van der Waals surface area contributed by atoms with Crippen molar-refractivity contribution >= 4 is 5.97 Å². The molecule has 0 saturated carbocycles. The zero-order chi connectivity index (χ0) is 12.6. The average molecular weight is 233 g/mol. The van der Waals surface area contributed by atoms with Crippen molar-refractivity contribution in [3.05, 3.63) is 0 Å². The van der Waals surface area contributed by atoms with Crippen LogP contribution < -0.4 is 5.73 Å². The van der Waals surface area contributed by atoms with Gasteiger partial charge in [-0.25, -0.2) is 0 Å². The van der Waals surface area contributed by atoms with Gasteiger partial charge in [-0.15, -0.1) is 0 Å². The van der Waals surface area contributed by atoms with Crippen molar-refractivity contribution in [1.82, 2.24) is 0 Å². The molecule has 5 nitrogen and oxygen atoms in total. The van der Waals surface area contributed by atoms with Crippen molar-refractivity contribution in [2.24, 2.45) is 5.73 Å². The molecule has 16 heavy (non-hydrogen) atoms. The standard InChI is InChI=1S/C11H23NO4/c1-11(2,3)16-8-7-15-6-5-9(12)10(13)14-4/h9H,5-8,12H2,1-4H3. The summed E-state index contributed by atoms with van der Waals surface area (Å²) in [4.78, 5) is 10.9. The molecule has 2 N–H and O–H groups in total. The second-order valence-corrected chi connectivity index (χ2v) is 4.49. The van der Waals surface area contributed by atoms with E-state index in [2.05, 4.69) is 4.74 Å². The van der Waals surface area contributed by atoms with Crippen molar-refractivity contribution in [3.8, 4) is 0 Å². The highest BCUT2D eigenvalue weighted by molar-refractivity contribution is 5.75. The number of carbonyl (C=O) groups is 1. The molecule has 0 heterocycles. The van der Waals surface area contributed by atoms with Gasteiger partial charge in [0.1, 0.15) is 6.04 Å². The molecule has 96 valence electrons. The molecule has 0 bridgehead atoms. The number of hydrogen-bond donors (Lipinski definition) is 1. The average Bonchev–Trinajstić information content (AvgIpc) is 2.20. The van der Waals surface area contributed by atoms with E-state index in [0.29, 0.717) is 26.2 Å². The summed E-state index contributed by atoms with van der Waals surface area (Å²) in [5.74, 6) is -0.408. The molecule has 0 amide bonds. The Kier molecular flexibility index (Phi) is 7.29. The second kappa shape index (κ2) is 7.60. The van der Waals surface area contributed by atoms with Crippen LogP contribution in [0, 0.1) is 0 Å². The number of ether oxygens (including phenoxy) is 3. The fourth-order valence-electron chi connectivity index (χ4n) is 0.988. The minimum atomic E-state index is -0.603. The molecule has 0 aromatic carbocycles. The monoisotopic (exact) mass is 233 g/mol. The van der Waals surface area contributed by atoms with Crippen LogP contribution >= 0.6 is 0 Å². The van der Waals surface area contributed by atoms with Crippen molar-refractivity contribution in [1.29, 1.82) is 0 Å². The predicted octanol–water partition coefficient (Wildman–Crippen LogP) is 0.709. The van der Waals surface area contributed by atoms with Crippen molar-refractivity contribution < 1.29 is 19.0 Å². The van der Waals surface area contributed by atoms with Gasteiger partial charge in [0.25, 0.3) is 0 Å². The Morgan fingerprint density at radius 3 is 2.38 bits per heavy atom. The molecule has 0 aliphatic carbocycles. The maximum atomic E-state index is 10.9. The summed E-state index contributed by atoms with van der Waals surface area (Å²) in [6.07, 6.45) is 0.461. The molecular weight excluding hydrogens is 210 g/mol. The van der Waals surface area contributed by atoms with Gasteiger partial charge in [0.2, 0.25) is 0 Å². The molecule has 0 aliphatic heterocycles. The van der Waals surface area contributed by atoms with Crippen molar-refractivity contribution in [2.45, 2.75) is 38.8 Å². The van der Waals surface area contributed by atoms with Gasteiger partial charge in [-0.3, -0.25) is 4.79 Å². The van der Waals surface area contributed by atoms with Gasteiger partial charge in [-0.1, -0.05) is 0 Å². The SMILES string of the molecule is COC(=O)C(N)CCOCCOC(C)(C)C. The highest BCUT2D eigenvalue weighted by Gasteiger charge is 2.13. The third-order valence-corrected chi connectivity index (χ3v) is 1.84. The lowest BCUT2D eigenvalue weighted by atomic mass is 10.2. The van der Waals surface area contributed by atoms with Gasteiger partial charge < -0.3 is 19.9 Å². The van der Waals surface area contributed by atoms with E-state index >= 15 is 0 Å². The Balaban J connectivity index is 3.37. The van der Waals surface area contributed by atoms with E-state index in [1.807, 2.05) is 20.8 Å². The quantitative estimate of drug-likeness (QED) is 0.518. The lowest BCUT2D eigenvalue weighted by Gasteiger charge is -2.19. The third-order valence-electron chi connectivity index (χ3n) is 1.84. The first-order chi connectivity index (χ1) is 7.37. The molecular formula is C11H23NO4. The minimum absolute atomic E-state index is 0.147. The molecule has 1 unspecified atom stereocenters. The molecule has 0 rings (SSSR count). The van der Waals surface area contributed by atoms with E-state index in [1.54, 1.807) is 0 Å². The summed E-state index contributed by atoms with van der Waals surface area (Å²) in [7, 11) is 1.32. The first-order valence-electron chi connectivity index (χ1n) is 5.42. The van der Waals surface area contributed by atoms with Crippen LogP contribution in [0.2, 0.25) is 0 Å². The van der Waals surface area contributed by atoms with E-state index in [9.17, 15) is 4.79 Å². The van der Waals surface area contributed by atoms with Crippen LogP contribution in [-0.4, -0.2) is 44.5 Å². The van der Waals surface area contributed by atoms with Crippen molar-refractivity contribution in [3.63, 3.8) is 0 Å². The van der Waals surface area contributed by atoms with E-state index in [1.165, 1.54) is 7.11 Å². The van der Waals surface area contributed by atoms with Gasteiger partial charge in [-0.05, 0) is 27.2 Å². The number of hydrogen-bond acceptors (Lipinski definition) is 5. The van der Waals surface area contributed by atoms with Gasteiger partial charge in [-0.2, -0.15) is 0 Å². The molecule has 0 fully saturated rings. The number of carbonyl (C=O) groups excluding carboxylic acids is 1. The first kappa shape index (κ1) is 15.3. The highest BCUT2D eigenvalue weighted by atomic mass is 16.5.